The lowest BCUT2D eigenvalue weighted by atomic mass is 10.2. The van der Waals surface area contributed by atoms with E-state index >= 15 is 0 Å². The van der Waals surface area contributed by atoms with Crippen LogP contribution in [-0.2, 0) is 19.2 Å². The molecule has 0 spiro atoms. The van der Waals surface area contributed by atoms with E-state index in [-0.39, 0.29) is 13.2 Å². The molecule has 7 heteroatoms. The van der Waals surface area contributed by atoms with Crippen molar-refractivity contribution in [2.24, 2.45) is 0 Å². The van der Waals surface area contributed by atoms with E-state index in [1.807, 2.05) is 6.92 Å². The molecule has 21 heavy (non-hydrogen) atoms. The molecule has 0 aromatic heterocycles. The van der Waals surface area contributed by atoms with Crippen LogP contribution in [0.4, 0.5) is 4.79 Å². The summed E-state index contributed by atoms with van der Waals surface area (Å²) in [6.45, 7) is 1.87. The maximum absolute atomic E-state index is 11.6. The summed E-state index contributed by atoms with van der Waals surface area (Å²) in [5.74, 6) is -0.605. The van der Waals surface area contributed by atoms with Gasteiger partial charge in [-0.2, -0.15) is 4.89 Å². The number of benzene rings is 1. The van der Waals surface area contributed by atoms with Crippen molar-refractivity contribution >= 4 is 12.1 Å². The third-order valence-electron chi connectivity index (χ3n) is 2.67. The lowest BCUT2D eigenvalue weighted by molar-refractivity contribution is -0.256. The average molecular weight is 298 g/mol. The van der Waals surface area contributed by atoms with Gasteiger partial charge in [0, 0.05) is 13.5 Å². The van der Waals surface area contributed by atoms with Gasteiger partial charge in [-0.3, -0.25) is 4.89 Å². The van der Waals surface area contributed by atoms with Crippen LogP contribution in [0.2, 0.25) is 0 Å². The van der Waals surface area contributed by atoms with Gasteiger partial charge in [0.25, 0.3) is 0 Å². The third kappa shape index (κ3) is 6.73. The van der Waals surface area contributed by atoms with Crippen molar-refractivity contribution in [3.8, 4) is 0 Å². The van der Waals surface area contributed by atoms with E-state index in [1.165, 1.54) is 7.11 Å². The number of ether oxygens (including phenoxy) is 2. The monoisotopic (exact) mass is 298 g/mol. The van der Waals surface area contributed by atoms with Crippen molar-refractivity contribution in [3.63, 3.8) is 0 Å². The van der Waals surface area contributed by atoms with Gasteiger partial charge in [-0.15, -0.1) is 0 Å². The molecule has 1 atom stereocenters. The molecule has 0 heterocycles. The lowest BCUT2D eigenvalue weighted by Gasteiger charge is -2.13. The van der Waals surface area contributed by atoms with Gasteiger partial charge in [-0.25, -0.2) is 9.59 Å². The van der Waals surface area contributed by atoms with Gasteiger partial charge in [-0.1, -0.05) is 17.7 Å². The molecule has 0 saturated carbocycles. The molecule has 0 amide bonds. The Hall–Kier alpha value is -2.12. The minimum Gasteiger partial charge on any atom is -0.450 e. The van der Waals surface area contributed by atoms with Gasteiger partial charge < -0.3 is 14.6 Å². The summed E-state index contributed by atoms with van der Waals surface area (Å²) in [4.78, 5) is 31.3. The molecule has 0 saturated heterocycles. The third-order valence-corrected chi connectivity index (χ3v) is 2.67. The van der Waals surface area contributed by atoms with Gasteiger partial charge in [0.2, 0.25) is 0 Å². The van der Waals surface area contributed by atoms with Crippen LogP contribution in [0.25, 0.3) is 0 Å². The Labute approximate surface area is 122 Å². The summed E-state index contributed by atoms with van der Waals surface area (Å²) in [7, 11) is 1.44. The molecule has 0 aliphatic carbocycles. The Balaban J connectivity index is 2.28. The predicted octanol–water partition coefficient (Wildman–Crippen LogP) is 2.18. The second-order valence-corrected chi connectivity index (χ2v) is 4.28. The van der Waals surface area contributed by atoms with Crippen molar-refractivity contribution in [2.45, 2.75) is 19.4 Å². The Morgan fingerprint density at radius 3 is 2.48 bits per heavy atom. The van der Waals surface area contributed by atoms with Crippen LogP contribution in [0.1, 0.15) is 22.3 Å². The van der Waals surface area contributed by atoms with Crippen LogP contribution >= 0.6 is 0 Å². The van der Waals surface area contributed by atoms with E-state index in [0.717, 1.165) is 5.56 Å². The molecule has 1 unspecified atom stereocenters. The highest BCUT2D eigenvalue weighted by Crippen LogP contribution is 2.06. The highest BCUT2D eigenvalue weighted by molar-refractivity contribution is 5.88. The topological polar surface area (TPSA) is 91.3 Å². The van der Waals surface area contributed by atoms with E-state index < -0.39 is 18.2 Å². The summed E-state index contributed by atoms with van der Waals surface area (Å²) >= 11 is 0. The summed E-state index contributed by atoms with van der Waals surface area (Å²) in [5.41, 5.74) is 1.41. The zero-order chi connectivity index (χ0) is 15.7. The molecular weight excluding hydrogens is 280 g/mol. The fourth-order valence-corrected chi connectivity index (χ4v) is 1.45. The molecule has 0 radical (unpaired) electrons. The van der Waals surface area contributed by atoms with Gasteiger partial charge in [-0.05, 0) is 19.1 Å². The molecule has 0 aliphatic rings. The highest BCUT2D eigenvalue weighted by atomic mass is 17.2. The number of carbonyl (C=O) groups is 2. The second-order valence-electron chi connectivity index (χ2n) is 4.28. The first kappa shape index (κ1) is 16.9. The lowest BCUT2D eigenvalue weighted by Crippen LogP contribution is -2.22. The predicted molar refractivity (Wildman–Crippen MR) is 71.9 cm³/mol. The number of aryl methyl sites for hydroxylation is 1. The van der Waals surface area contributed by atoms with Gasteiger partial charge >= 0.3 is 12.1 Å². The minimum atomic E-state index is -1.35. The van der Waals surface area contributed by atoms with Crippen molar-refractivity contribution in [3.05, 3.63) is 35.4 Å². The number of hydrogen-bond donors (Lipinski definition) is 1. The molecular formula is C14H18O7. The van der Waals surface area contributed by atoms with E-state index in [4.69, 9.17) is 14.7 Å². The average Bonchev–Trinajstić information content (AvgIpc) is 2.45. The van der Waals surface area contributed by atoms with Crippen LogP contribution in [-0.4, -0.2) is 43.7 Å². The van der Waals surface area contributed by atoms with E-state index in [9.17, 15) is 9.59 Å². The normalized spacial score (nSPS) is 11.7. The fraction of sp³-hybridized carbons (Fsp3) is 0.429. The Morgan fingerprint density at radius 1 is 1.24 bits per heavy atom. The quantitative estimate of drug-likeness (QED) is 0.447. The Bertz CT molecular complexity index is 455. The first-order valence-corrected chi connectivity index (χ1v) is 6.32. The number of carbonyl (C=O) groups excluding carboxylic acids is 1. The standard InChI is InChI=1S/C14H18O7/c1-10-3-5-11(6-4-10)13(15)21-20-9-12(18-2)7-8-19-14(16)17/h3-6,12H,7-9H2,1-2H3,(H,16,17). The molecule has 116 valence electrons. The van der Waals surface area contributed by atoms with Gasteiger partial charge in [0.1, 0.15) is 6.61 Å². The van der Waals surface area contributed by atoms with Crippen molar-refractivity contribution in [1.82, 2.24) is 0 Å². The first-order chi connectivity index (χ1) is 10.0. The second kappa shape index (κ2) is 8.93. The van der Waals surface area contributed by atoms with E-state index in [2.05, 4.69) is 9.62 Å². The summed E-state index contributed by atoms with van der Waals surface area (Å²) in [6, 6.07) is 6.85. The summed E-state index contributed by atoms with van der Waals surface area (Å²) < 4.78 is 9.40. The molecule has 7 nitrogen and oxygen atoms in total. The highest BCUT2D eigenvalue weighted by Gasteiger charge is 2.13. The first-order valence-electron chi connectivity index (χ1n) is 6.32. The minimum absolute atomic E-state index is 0.0168. The molecule has 0 aliphatic heterocycles. The SMILES string of the molecule is COC(CCOC(=O)O)COOC(=O)c1ccc(C)cc1. The number of carboxylic acid groups (broad SMARTS) is 1. The molecule has 1 rings (SSSR count). The van der Waals surface area contributed by atoms with Crippen LogP contribution in [0, 0.1) is 6.92 Å². The molecule has 0 bridgehead atoms. The van der Waals surface area contributed by atoms with Crippen LogP contribution < -0.4 is 0 Å². The van der Waals surface area contributed by atoms with Gasteiger partial charge in [0.05, 0.1) is 18.3 Å². The van der Waals surface area contributed by atoms with Crippen molar-refractivity contribution < 1.29 is 33.9 Å². The summed E-state index contributed by atoms with van der Waals surface area (Å²) in [5, 5.41) is 8.33. The Kier molecular flexibility index (Phi) is 7.20. The van der Waals surface area contributed by atoms with Crippen molar-refractivity contribution in [2.75, 3.05) is 20.3 Å². The van der Waals surface area contributed by atoms with Crippen LogP contribution in [0.15, 0.2) is 24.3 Å². The van der Waals surface area contributed by atoms with Crippen LogP contribution in [0.5, 0.6) is 0 Å². The number of methoxy groups -OCH3 is 1. The smallest absolute Gasteiger partial charge is 0.450 e. The molecule has 1 aromatic carbocycles. The van der Waals surface area contributed by atoms with Crippen LogP contribution in [0.3, 0.4) is 0 Å². The fourth-order valence-electron chi connectivity index (χ4n) is 1.45. The summed E-state index contributed by atoms with van der Waals surface area (Å²) in [6.07, 6.45) is -1.49. The zero-order valence-electron chi connectivity index (χ0n) is 11.9. The van der Waals surface area contributed by atoms with Gasteiger partial charge in [0.15, 0.2) is 0 Å². The Morgan fingerprint density at radius 2 is 1.90 bits per heavy atom. The number of rotatable bonds is 8. The number of hydrogen-bond acceptors (Lipinski definition) is 6. The molecule has 1 aromatic rings. The van der Waals surface area contributed by atoms with Crippen molar-refractivity contribution in [1.29, 1.82) is 0 Å². The largest absolute Gasteiger partial charge is 0.505 e. The molecule has 1 N–H and O–H groups in total. The zero-order valence-corrected chi connectivity index (χ0v) is 11.9. The van der Waals surface area contributed by atoms with E-state index in [0.29, 0.717) is 12.0 Å². The van der Waals surface area contributed by atoms with E-state index in [1.54, 1.807) is 24.3 Å². The molecule has 0 fully saturated rings. The maximum Gasteiger partial charge on any atom is 0.505 e. The maximum atomic E-state index is 11.6.